The van der Waals surface area contributed by atoms with Gasteiger partial charge in [0.15, 0.2) is 0 Å². The molecule has 0 aliphatic rings. The van der Waals surface area contributed by atoms with Crippen molar-refractivity contribution in [1.82, 2.24) is 0 Å². The van der Waals surface area contributed by atoms with E-state index in [1.807, 2.05) is 0 Å². The molecule has 0 heterocycles. The van der Waals surface area contributed by atoms with E-state index in [1.54, 1.807) is 0 Å². The zero-order valence-electron chi connectivity index (χ0n) is 13.0. The molecule has 0 aliphatic carbocycles. The lowest BCUT2D eigenvalue weighted by Gasteiger charge is -2.35. The highest BCUT2D eigenvalue weighted by Gasteiger charge is 2.27. The molecule has 0 bridgehead atoms. The maximum Gasteiger partial charge on any atom is -0.0380 e. The second kappa shape index (κ2) is 6.07. The molecule has 0 fully saturated rings. The van der Waals surface area contributed by atoms with E-state index in [9.17, 15) is 0 Å². The third-order valence-electron chi connectivity index (χ3n) is 3.46. The predicted molar refractivity (Wildman–Crippen MR) is 75.7 cm³/mol. The fourth-order valence-corrected chi connectivity index (χ4v) is 2.86. The molecule has 0 aromatic carbocycles. The largest absolute Gasteiger partial charge is 0.0651 e. The Labute approximate surface area is 104 Å². The van der Waals surface area contributed by atoms with Crippen molar-refractivity contribution >= 4 is 0 Å². The summed E-state index contributed by atoms with van der Waals surface area (Å²) < 4.78 is 0. The number of hydrogen-bond donors (Lipinski definition) is 0. The average molecular weight is 226 g/mol. The van der Waals surface area contributed by atoms with Crippen LogP contribution in [0.15, 0.2) is 0 Å². The summed E-state index contributed by atoms with van der Waals surface area (Å²) in [5.41, 5.74) is 0.956. The van der Waals surface area contributed by atoms with E-state index in [-0.39, 0.29) is 0 Å². The van der Waals surface area contributed by atoms with Gasteiger partial charge in [0.25, 0.3) is 0 Å². The van der Waals surface area contributed by atoms with Crippen molar-refractivity contribution in [1.29, 1.82) is 0 Å². The Morgan fingerprint density at radius 2 is 0.875 bits per heavy atom. The van der Waals surface area contributed by atoms with Gasteiger partial charge >= 0.3 is 0 Å². The first-order chi connectivity index (χ1) is 7.09. The maximum absolute atomic E-state index is 2.37. The minimum absolute atomic E-state index is 0.478. The predicted octanol–water partition coefficient (Wildman–Crippen LogP) is 5.91. The van der Waals surface area contributed by atoms with Crippen LogP contribution in [0.25, 0.3) is 0 Å². The summed E-state index contributed by atoms with van der Waals surface area (Å²) in [4.78, 5) is 0. The van der Waals surface area contributed by atoms with E-state index in [4.69, 9.17) is 0 Å². The Hall–Kier alpha value is 0. The van der Waals surface area contributed by atoms with Crippen molar-refractivity contribution in [3.63, 3.8) is 0 Å². The summed E-state index contributed by atoms with van der Waals surface area (Å²) >= 11 is 0. The van der Waals surface area contributed by atoms with Crippen molar-refractivity contribution in [2.24, 2.45) is 22.7 Å². The van der Waals surface area contributed by atoms with E-state index >= 15 is 0 Å². The van der Waals surface area contributed by atoms with Crippen molar-refractivity contribution < 1.29 is 0 Å². The summed E-state index contributed by atoms with van der Waals surface area (Å²) in [5.74, 6) is 1.81. The third-order valence-corrected chi connectivity index (χ3v) is 3.46. The van der Waals surface area contributed by atoms with Crippen molar-refractivity contribution in [3.8, 4) is 0 Å². The molecule has 0 heteroatoms. The Balaban J connectivity index is 4.51. The van der Waals surface area contributed by atoms with Gasteiger partial charge in [0.1, 0.15) is 0 Å². The molecule has 0 radical (unpaired) electrons. The summed E-state index contributed by atoms with van der Waals surface area (Å²) in [5, 5.41) is 0. The van der Waals surface area contributed by atoms with Crippen LogP contribution in [0.3, 0.4) is 0 Å². The van der Waals surface area contributed by atoms with E-state index < -0.39 is 0 Å². The maximum atomic E-state index is 2.37. The van der Waals surface area contributed by atoms with Gasteiger partial charge < -0.3 is 0 Å². The lowest BCUT2D eigenvalue weighted by atomic mass is 9.71. The summed E-state index contributed by atoms with van der Waals surface area (Å²) in [7, 11) is 0. The lowest BCUT2D eigenvalue weighted by molar-refractivity contribution is 0.162. The highest BCUT2D eigenvalue weighted by Crippen LogP contribution is 2.38. The van der Waals surface area contributed by atoms with Crippen LogP contribution in [-0.4, -0.2) is 0 Å². The summed E-state index contributed by atoms with van der Waals surface area (Å²) in [6.45, 7) is 19.0. The Bertz CT molecular complexity index is 155. The zero-order valence-corrected chi connectivity index (χ0v) is 13.0. The Morgan fingerprint density at radius 3 is 1.00 bits per heavy atom. The topological polar surface area (TPSA) is 0 Å². The van der Waals surface area contributed by atoms with E-state index in [2.05, 4.69) is 55.4 Å². The minimum atomic E-state index is 0.478. The molecule has 2 atom stereocenters. The Morgan fingerprint density at radius 1 is 0.625 bits per heavy atom. The molecule has 0 aromatic rings. The molecular weight excluding hydrogens is 192 g/mol. The molecule has 0 rings (SSSR count). The first-order valence-electron chi connectivity index (χ1n) is 7.09. The molecule has 0 saturated heterocycles. The quantitative estimate of drug-likeness (QED) is 0.546. The van der Waals surface area contributed by atoms with Gasteiger partial charge in [-0.3, -0.25) is 0 Å². The standard InChI is InChI=1S/C16H34/c1-9-13(11-15(3,4)5)14(10-2)12-16(6,7)8/h13-14H,9-12H2,1-8H3. The normalized spacial score (nSPS) is 17.2. The molecule has 0 N–H and O–H groups in total. The molecule has 0 spiro atoms. The van der Waals surface area contributed by atoms with Gasteiger partial charge in [0.05, 0.1) is 0 Å². The van der Waals surface area contributed by atoms with Crippen LogP contribution in [0, 0.1) is 22.7 Å². The van der Waals surface area contributed by atoms with Crippen LogP contribution in [0.2, 0.25) is 0 Å². The van der Waals surface area contributed by atoms with Gasteiger partial charge in [-0.25, -0.2) is 0 Å². The van der Waals surface area contributed by atoms with E-state index in [1.165, 1.54) is 25.7 Å². The van der Waals surface area contributed by atoms with Crippen molar-refractivity contribution in [2.75, 3.05) is 0 Å². The van der Waals surface area contributed by atoms with Crippen molar-refractivity contribution in [2.45, 2.75) is 81.1 Å². The molecule has 0 saturated carbocycles. The smallest absolute Gasteiger partial charge is 0.0380 e. The summed E-state index contributed by atoms with van der Waals surface area (Å²) in [6, 6.07) is 0. The SMILES string of the molecule is CCC(CC(C)(C)C)C(CC)CC(C)(C)C. The Kier molecular flexibility index (Phi) is 6.07. The monoisotopic (exact) mass is 226 g/mol. The molecule has 0 amide bonds. The van der Waals surface area contributed by atoms with Gasteiger partial charge in [0.2, 0.25) is 0 Å². The van der Waals surface area contributed by atoms with Crippen LogP contribution in [0.5, 0.6) is 0 Å². The first kappa shape index (κ1) is 16.0. The number of hydrogen-bond acceptors (Lipinski definition) is 0. The first-order valence-corrected chi connectivity index (χ1v) is 7.09. The van der Waals surface area contributed by atoms with Crippen LogP contribution < -0.4 is 0 Å². The van der Waals surface area contributed by atoms with Crippen LogP contribution in [-0.2, 0) is 0 Å². The minimum Gasteiger partial charge on any atom is -0.0651 e. The van der Waals surface area contributed by atoms with Crippen LogP contribution in [0.4, 0.5) is 0 Å². The molecule has 16 heavy (non-hydrogen) atoms. The second-order valence-corrected chi connectivity index (χ2v) is 7.87. The third kappa shape index (κ3) is 7.30. The average Bonchev–Trinajstić information content (AvgIpc) is 2.07. The fourth-order valence-electron chi connectivity index (χ4n) is 2.86. The van der Waals surface area contributed by atoms with Gasteiger partial charge in [-0.15, -0.1) is 0 Å². The fraction of sp³-hybridized carbons (Fsp3) is 1.00. The van der Waals surface area contributed by atoms with E-state index in [0.29, 0.717) is 10.8 Å². The van der Waals surface area contributed by atoms with Crippen molar-refractivity contribution in [3.05, 3.63) is 0 Å². The summed E-state index contributed by atoms with van der Waals surface area (Å²) in [6.07, 6.45) is 5.42. The molecule has 0 nitrogen and oxygen atoms in total. The zero-order chi connectivity index (χ0) is 13.0. The van der Waals surface area contributed by atoms with Crippen LogP contribution in [0.1, 0.15) is 81.1 Å². The van der Waals surface area contributed by atoms with Gasteiger partial charge in [-0.05, 0) is 35.5 Å². The highest BCUT2D eigenvalue weighted by molar-refractivity contribution is 4.78. The van der Waals surface area contributed by atoms with Gasteiger partial charge in [0, 0.05) is 0 Å². The molecule has 98 valence electrons. The van der Waals surface area contributed by atoms with Crippen LogP contribution >= 0.6 is 0 Å². The van der Waals surface area contributed by atoms with E-state index in [0.717, 1.165) is 11.8 Å². The second-order valence-electron chi connectivity index (χ2n) is 7.87. The lowest BCUT2D eigenvalue weighted by Crippen LogP contribution is -2.24. The number of rotatable bonds is 5. The highest BCUT2D eigenvalue weighted by atomic mass is 14.3. The molecule has 0 aliphatic heterocycles. The molecule has 0 aromatic heterocycles. The van der Waals surface area contributed by atoms with Gasteiger partial charge in [-0.2, -0.15) is 0 Å². The van der Waals surface area contributed by atoms with Gasteiger partial charge in [-0.1, -0.05) is 68.2 Å². The molecular formula is C16H34. The molecule has 2 unspecified atom stereocenters.